The SMILES string of the molecule is CCNC(=NCc1ccc(S(C)(=O)=O)c(C)c1)NCCCN1CC(C)CC(C)C1.I. The van der Waals surface area contributed by atoms with Gasteiger partial charge in [0.15, 0.2) is 15.8 Å². The molecule has 30 heavy (non-hydrogen) atoms. The molecule has 1 fully saturated rings. The van der Waals surface area contributed by atoms with E-state index < -0.39 is 9.84 Å². The highest BCUT2D eigenvalue weighted by Crippen LogP contribution is 2.20. The predicted octanol–water partition coefficient (Wildman–Crippen LogP) is 3.44. The lowest BCUT2D eigenvalue weighted by Gasteiger charge is -2.35. The predicted molar refractivity (Wildman–Crippen MR) is 137 cm³/mol. The number of nitrogens with zero attached hydrogens (tertiary/aromatic N) is 2. The maximum Gasteiger partial charge on any atom is 0.191 e. The van der Waals surface area contributed by atoms with Gasteiger partial charge >= 0.3 is 0 Å². The Hall–Kier alpha value is -0.870. The molecule has 1 heterocycles. The number of hydrogen-bond acceptors (Lipinski definition) is 4. The summed E-state index contributed by atoms with van der Waals surface area (Å²) in [6.45, 7) is 14.3. The molecular weight excluding hydrogens is 511 g/mol. The van der Waals surface area contributed by atoms with E-state index in [0.29, 0.717) is 11.4 Å². The smallest absolute Gasteiger partial charge is 0.191 e. The van der Waals surface area contributed by atoms with Crippen LogP contribution in [0.3, 0.4) is 0 Å². The van der Waals surface area contributed by atoms with Crippen LogP contribution in [0.2, 0.25) is 0 Å². The van der Waals surface area contributed by atoms with Gasteiger partial charge in [-0.1, -0.05) is 26.0 Å². The number of piperidine rings is 1. The number of rotatable bonds is 8. The molecule has 1 aromatic rings. The van der Waals surface area contributed by atoms with Crippen molar-refractivity contribution in [2.24, 2.45) is 16.8 Å². The van der Waals surface area contributed by atoms with E-state index in [-0.39, 0.29) is 24.0 Å². The Labute approximate surface area is 200 Å². The summed E-state index contributed by atoms with van der Waals surface area (Å²) in [5.41, 5.74) is 1.77. The van der Waals surface area contributed by atoms with Crippen molar-refractivity contribution in [3.63, 3.8) is 0 Å². The zero-order valence-electron chi connectivity index (χ0n) is 19.1. The van der Waals surface area contributed by atoms with Gasteiger partial charge in [-0.05, 0) is 62.3 Å². The second-order valence-corrected chi connectivity index (χ2v) is 10.5. The van der Waals surface area contributed by atoms with Gasteiger partial charge in [0.25, 0.3) is 0 Å². The Morgan fingerprint density at radius 1 is 1.20 bits per heavy atom. The molecule has 2 unspecified atom stereocenters. The molecule has 0 spiro atoms. The number of nitrogens with one attached hydrogen (secondary N) is 2. The van der Waals surface area contributed by atoms with Crippen LogP contribution in [0.25, 0.3) is 0 Å². The lowest BCUT2D eigenvalue weighted by molar-refractivity contribution is 0.140. The molecule has 2 rings (SSSR count). The highest BCUT2D eigenvalue weighted by molar-refractivity contribution is 14.0. The summed E-state index contributed by atoms with van der Waals surface area (Å²) in [6.07, 6.45) is 3.67. The van der Waals surface area contributed by atoms with E-state index in [1.54, 1.807) is 6.07 Å². The first-order valence-electron chi connectivity index (χ1n) is 10.7. The quantitative estimate of drug-likeness (QED) is 0.225. The molecule has 0 radical (unpaired) electrons. The Morgan fingerprint density at radius 3 is 2.43 bits per heavy atom. The van der Waals surface area contributed by atoms with Crippen LogP contribution in [-0.4, -0.2) is 58.3 Å². The van der Waals surface area contributed by atoms with Crippen LogP contribution in [0, 0.1) is 18.8 Å². The Balaban J connectivity index is 0.00000450. The summed E-state index contributed by atoms with van der Waals surface area (Å²) < 4.78 is 23.5. The van der Waals surface area contributed by atoms with Gasteiger partial charge in [0.2, 0.25) is 0 Å². The monoisotopic (exact) mass is 550 g/mol. The Morgan fingerprint density at radius 2 is 1.87 bits per heavy atom. The van der Waals surface area contributed by atoms with Crippen molar-refractivity contribution in [1.82, 2.24) is 15.5 Å². The van der Waals surface area contributed by atoms with Gasteiger partial charge in [-0.15, -0.1) is 24.0 Å². The van der Waals surface area contributed by atoms with Crippen molar-refractivity contribution in [3.8, 4) is 0 Å². The minimum atomic E-state index is -3.19. The summed E-state index contributed by atoms with van der Waals surface area (Å²) in [5.74, 6) is 2.39. The molecular formula is C22H39IN4O2S. The number of halogens is 1. The van der Waals surface area contributed by atoms with Crippen LogP contribution in [-0.2, 0) is 16.4 Å². The van der Waals surface area contributed by atoms with E-state index in [2.05, 4.69) is 41.3 Å². The first kappa shape index (κ1) is 27.2. The van der Waals surface area contributed by atoms with Gasteiger partial charge < -0.3 is 15.5 Å². The van der Waals surface area contributed by atoms with E-state index in [1.165, 1.54) is 25.8 Å². The van der Waals surface area contributed by atoms with Crippen LogP contribution in [0.4, 0.5) is 0 Å². The molecule has 1 aromatic carbocycles. The van der Waals surface area contributed by atoms with Crippen LogP contribution < -0.4 is 10.6 Å². The summed E-state index contributed by atoms with van der Waals surface area (Å²) in [5, 5.41) is 6.70. The number of sulfone groups is 1. The van der Waals surface area contributed by atoms with Crippen molar-refractivity contribution in [1.29, 1.82) is 0 Å². The van der Waals surface area contributed by atoms with E-state index >= 15 is 0 Å². The lowest BCUT2D eigenvalue weighted by Crippen LogP contribution is -2.41. The fraction of sp³-hybridized carbons (Fsp3) is 0.682. The number of benzene rings is 1. The number of hydrogen-bond donors (Lipinski definition) is 2. The highest BCUT2D eigenvalue weighted by Gasteiger charge is 2.21. The molecule has 0 bridgehead atoms. The standard InChI is InChI=1S/C22H38N4O2S.HI/c1-6-23-22(24-10-7-11-26-15-17(2)12-18(3)16-26)25-14-20-8-9-21(19(4)13-20)29(5,27)28;/h8-9,13,17-18H,6-7,10-12,14-16H2,1-5H3,(H2,23,24,25);1H. The Kier molecular flexibility index (Phi) is 11.6. The Bertz CT molecular complexity index is 788. The van der Waals surface area contributed by atoms with Crippen molar-refractivity contribution in [3.05, 3.63) is 29.3 Å². The zero-order valence-corrected chi connectivity index (χ0v) is 22.2. The topological polar surface area (TPSA) is 73.8 Å². The maximum absolute atomic E-state index is 11.8. The van der Waals surface area contributed by atoms with Gasteiger partial charge in [-0.2, -0.15) is 0 Å². The minimum absolute atomic E-state index is 0. The largest absolute Gasteiger partial charge is 0.357 e. The molecule has 2 N–H and O–H groups in total. The fourth-order valence-corrected chi connectivity index (χ4v) is 5.18. The number of likely N-dealkylation sites (tertiary alicyclic amines) is 1. The molecule has 0 aliphatic carbocycles. The summed E-state index contributed by atoms with van der Waals surface area (Å²) in [7, 11) is -3.19. The molecule has 8 heteroatoms. The van der Waals surface area contributed by atoms with Crippen LogP contribution in [0.15, 0.2) is 28.1 Å². The highest BCUT2D eigenvalue weighted by atomic mass is 127. The summed E-state index contributed by atoms with van der Waals surface area (Å²) >= 11 is 0. The van der Waals surface area contributed by atoms with Gasteiger partial charge in [0.05, 0.1) is 11.4 Å². The summed E-state index contributed by atoms with van der Waals surface area (Å²) in [6, 6.07) is 5.42. The molecule has 0 saturated carbocycles. The van der Waals surface area contributed by atoms with Crippen molar-refractivity contribution >= 4 is 39.8 Å². The first-order valence-corrected chi connectivity index (χ1v) is 12.6. The second-order valence-electron chi connectivity index (χ2n) is 8.55. The second kappa shape index (κ2) is 12.9. The van der Waals surface area contributed by atoms with Crippen molar-refractivity contribution in [2.75, 3.05) is 39.0 Å². The normalized spacial score (nSPS) is 20.5. The van der Waals surface area contributed by atoms with Gasteiger partial charge in [0.1, 0.15) is 0 Å². The number of aryl methyl sites for hydroxylation is 1. The van der Waals surface area contributed by atoms with Gasteiger partial charge in [-0.25, -0.2) is 13.4 Å². The molecule has 2 atom stereocenters. The average Bonchev–Trinajstić information content (AvgIpc) is 2.61. The van der Waals surface area contributed by atoms with Crippen molar-refractivity contribution < 1.29 is 8.42 Å². The third kappa shape index (κ3) is 9.09. The number of guanidine groups is 1. The third-order valence-corrected chi connectivity index (χ3v) is 6.55. The molecule has 6 nitrogen and oxygen atoms in total. The molecule has 1 saturated heterocycles. The van der Waals surface area contributed by atoms with Crippen LogP contribution in [0.5, 0.6) is 0 Å². The van der Waals surface area contributed by atoms with Gasteiger partial charge in [-0.3, -0.25) is 0 Å². The molecule has 172 valence electrons. The van der Waals surface area contributed by atoms with E-state index in [0.717, 1.165) is 55.0 Å². The fourth-order valence-electron chi connectivity index (χ4n) is 4.22. The summed E-state index contributed by atoms with van der Waals surface area (Å²) in [4.78, 5) is 7.62. The zero-order chi connectivity index (χ0) is 21.4. The van der Waals surface area contributed by atoms with E-state index in [9.17, 15) is 8.42 Å². The van der Waals surface area contributed by atoms with Crippen LogP contribution in [0.1, 0.15) is 44.7 Å². The van der Waals surface area contributed by atoms with Crippen LogP contribution >= 0.6 is 24.0 Å². The van der Waals surface area contributed by atoms with E-state index in [1.807, 2.05) is 19.1 Å². The van der Waals surface area contributed by atoms with Crippen molar-refractivity contribution in [2.45, 2.75) is 52.0 Å². The first-order chi connectivity index (χ1) is 13.7. The molecule has 1 aliphatic rings. The lowest BCUT2D eigenvalue weighted by atomic mass is 9.92. The molecule has 0 amide bonds. The molecule has 0 aromatic heterocycles. The van der Waals surface area contributed by atoms with E-state index in [4.69, 9.17) is 0 Å². The average molecular weight is 551 g/mol. The third-order valence-electron chi connectivity index (χ3n) is 5.29. The minimum Gasteiger partial charge on any atom is -0.357 e. The molecule has 1 aliphatic heterocycles. The van der Waals surface area contributed by atoms with Gasteiger partial charge in [0, 0.05) is 32.4 Å². The maximum atomic E-state index is 11.8. The number of aliphatic imine (C=N–C) groups is 1.